The number of Topliss-reactive ketones (excluding diaryl/α,β-unsaturated/α-hetero) is 1. The number of rotatable bonds is 2. The summed E-state index contributed by atoms with van der Waals surface area (Å²) in [5.74, 6) is 0.751. The molecule has 1 aliphatic carbocycles. The molecule has 58 valence electrons. The molecule has 1 aromatic heterocycles. The molecule has 0 saturated heterocycles. The molecule has 0 unspecified atom stereocenters. The van der Waals surface area contributed by atoms with Crippen LogP contribution in [0.15, 0.2) is 5.38 Å². The molecule has 1 heterocycles. The van der Waals surface area contributed by atoms with Gasteiger partial charge < -0.3 is 0 Å². The molecule has 2 nitrogen and oxygen atoms in total. The summed E-state index contributed by atoms with van der Waals surface area (Å²) in [6.45, 7) is 1.56. The van der Waals surface area contributed by atoms with Crippen molar-refractivity contribution in [2.75, 3.05) is 0 Å². The van der Waals surface area contributed by atoms with Gasteiger partial charge in [0.2, 0.25) is 0 Å². The van der Waals surface area contributed by atoms with Crippen LogP contribution in [0.5, 0.6) is 0 Å². The van der Waals surface area contributed by atoms with Gasteiger partial charge in [-0.2, -0.15) is 0 Å². The lowest BCUT2D eigenvalue weighted by Crippen LogP contribution is -1.90. The van der Waals surface area contributed by atoms with Crippen molar-refractivity contribution in [3.63, 3.8) is 0 Å². The van der Waals surface area contributed by atoms with Crippen molar-refractivity contribution in [2.45, 2.75) is 25.7 Å². The second kappa shape index (κ2) is 2.41. The Kier molecular flexibility index (Phi) is 1.53. The van der Waals surface area contributed by atoms with Gasteiger partial charge >= 0.3 is 0 Å². The summed E-state index contributed by atoms with van der Waals surface area (Å²) in [6.07, 6.45) is 2.50. The maximum absolute atomic E-state index is 10.8. The third-order valence-electron chi connectivity index (χ3n) is 1.82. The average molecular weight is 167 g/mol. The third-order valence-corrected chi connectivity index (χ3v) is 2.78. The Morgan fingerprint density at radius 1 is 1.73 bits per heavy atom. The van der Waals surface area contributed by atoms with E-state index in [1.165, 1.54) is 24.2 Å². The number of carbonyl (C=O) groups is 1. The first kappa shape index (κ1) is 6.98. The van der Waals surface area contributed by atoms with Gasteiger partial charge in [-0.15, -0.1) is 11.3 Å². The average Bonchev–Trinajstić information content (AvgIpc) is 2.68. The molecule has 11 heavy (non-hydrogen) atoms. The zero-order chi connectivity index (χ0) is 7.84. The molecule has 0 bridgehead atoms. The summed E-state index contributed by atoms with van der Waals surface area (Å²) in [7, 11) is 0. The minimum absolute atomic E-state index is 0.0851. The fourth-order valence-corrected chi connectivity index (χ4v) is 1.82. The Hall–Kier alpha value is -0.700. The minimum atomic E-state index is 0.0851. The number of nitrogens with zero attached hydrogens (tertiary/aromatic N) is 1. The topological polar surface area (TPSA) is 30.0 Å². The summed E-state index contributed by atoms with van der Waals surface area (Å²) in [4.78, 5) is 15.1. The Bertz CT molecular complexity index is 288. The third kappa shape index (κ3) is 1.33. The number of ketones is 1. The fourth-order valence-electron chi connectivity index (χ4n) is 1.01. The predicted octanol–water partition coefficient (Wildman–Crippen LogP) is 2.22. The van der Waals surface area contributed by atoms with Gasteiger partial charge in [0.15, 0.2) is 10.8 Å². The largest absolute Gasteiger partial charge is 0.292 e. The smallest absolute Gasteiger partial charge is 0.188 e. The van der Waals surface area contributed by atoms with E-state index in [-0.39, 0.29) is 5.78 Å². The van der Waals surface area contributed by atoms with E-state index in [0.29, 0.717) is 10.9 Å². The van der Waals surface area contributed by atoms with Crippen LogP contribution < -0.4 is 0 Å². The van der Waals surface area contributed by atoms with E-state index in [9.17, 15) is 4.79 Å². The lowest BCUT2D eigenvalue weighted by molar-refractivity contribution is 0.101. The van der Waals surface area contributed by atoms with Crippen molar-refractivity contribution >= 4 is 17.1 Å². The predicted molar refractivity (Wildman–Crippen MR) is 44.1 cm³/mol. The van der Waals surface area contributed by atoms with Gasteiger partial charge in [-0.05, 0) is 12.8 Å². The zero-order valence-electron chi connectivity index (χ0n) is 6.33. The molecule has 0 radical (unpaired) electrons. The Labute approximate surface area is 69.3 Å². The van der Waals surface area contributed by atoms with Crippen molar-refractivity contribution in [3.8, 4) is 0 Å². The van der Waals surface area contributed by atoms with Gasteiger partial charge in [-0.1, -0.05) is 0 Å². The zero-order valence-corrected chi connectivity index (χ0v) is 7.15. The van der Waals surface area contributed by atoms with Gasteiger partial charge in [0, 0.05) is 18.2 Å². The highest BCUT2D eigenvalue weighted by molar-refractivity contribution is 7.11. The van der Waals surface area contributed by atoms with E-state index < -0.39 is 0 Å². The van der Waals surface area contributed by atoms with Gasteiger partial charge in [0.1, 0.15) is 0 Å². The van der Waals surface area contributed by atoms with E-state index >= 15 is 0 Å². The molecule has 0 aromatic carbocycles. The highest BCUT2D eigenvalue weighted by Gasteiger charge is 2.26. The number of hydrogen-bond acceptors (Lipinski definition) is 3. The summed E-state index contributed by atoms with van der Waals surface area (Å²) in [5.41, 5.74) is 1.13. The molecule has 1 aliphatic rings. The Morgan fingerprint density at radius 3 is 2.91 bits per heavy atom. The maximum Gasteiger partial charge on any atom is 0.188 e. The van der Waals surface area contributed by atoms with E-state index in [1.807, 2.05) is 5.38 Å². The van der Waals surface area contributed by atoms with Crippen molar-refractivity contribution in [1.29, 1.82) is 0 Å². The Morgan fingerprint density at radius 2 is 2.45 bits per heavy atom. The number of thiazole rings is 1. The van der Waals surface area contributed by atoms with Gasteiger partial charge in [-0.3, -0.25) is 4.79 Å². The van der Waals surface area contributed by atoms with Crippen molar-refractivity contribution in [2.24, 2.45) is 0 Å². The molecular weight excluding hydrogens is 158 g/mol. The van der Waals surface area contributed by atoms with Crippen LogP contribution in [0, 0.1) is 0 Å². The van der Waals surface area contributed by atoms with Crippen LogP contribution in [-0.4, -0.2) is 10.8 Å². The molecule has 1 aromatic rings. The first-order valence-corrected chi connectivity index (χ1v) is 4.61. The lowest BCUT2D eigenvalue weighted by Gasteiger charge is -1.85. The van der Waals surface area contributed by atoms with E-state index in [1.54, 1.807) is 6.92 Å². The van der Waals surface area contributed by atoms with Gasteiger partial charge in [0.25, 0.3) is 0 Å². The SMILES string of the molecule is CC(=O)c1nc(C2CC2)cs1. The van der Waals surface area contributed by atoms with Crippen LogP contribution in [0.4, 0.5) is 0 Å². The Balaban J connectivity index is 2.25. The molecule has 1 fully saturated rings. The minimum Gasteiger partial charge on any atom is -0.292 e. The van der Waals surface area contributed by atoms with Crippen molar-refractivity contribution in [1.82, 2.24) is 4.98 Å². The van der Waals surface area contributed by atoms with E-state index in [2.05, 4.69) is 4.98 Å². The monoisotopic (exact) mass is 167 g/mol. The number of carbonyl (C=O) groups excluding carboxylic acids is 1. The van der Waals surface area contributed by atoms with Crippen molar-refractivity contribution < 1.29 is 4.79 Å². The van der Waals surface area contributed by atoms with Gasteiger partial charge in [-0.25, -0.2) is 4.98 Å². The normalized spacial score (nSPS) is 16.8. The van der Waals surface area contributed by atoms with Gasteiger partial charge in [0.05, 0.1) is 5.69 Å². The summed E-state index contributed by atoms with van der Waals surface area (Å²) >= 11 is 1.47. The lowest BCUT2D eigenvalue weighted by atomic mass is 10.3. The van der Waals surface area contributed by atoms with Crippen LogP contribution in [0.1, 0.15) is 41.2 Å². The molecule has 3 heteroatoms. The molecule has 0 spiro atoms. The quantitative estimate of drug-likeness (QED) is 0.632. The van der Waals surface area contributed by atoms with E-state index in [4.69, 9.17) is 0 Å². The first-order valence-electron chi connectivity index (χ1n) is 3.74. The molecule has 0 atom stereocenters. The summed E-state index contributed by atoms with van der Waals surface area (Å²) < 4.78 is 0. The maximum atomic E-state index is 10.8. The highest BCUT2D eigenvalue weighted by Crippen LogP contribution is 2.40. The molecule has 1 saturated carbocycles. The standard InChI is InChI=1S/C8H9NOS/c1-5(10)8-9-7(4-11-8)6-2-3-6/h4,6H,2-3H2,1H3. The van der Waals surface area contributed by atoms with Crippen LogP contribution in [0.25, 0.3) is 0 Å². The van der Waals surface area contributed by atoms with Crippen LogP contribution >= 0.6 is 11.3 Å². The molecule has 0 aliphatic heterocycles. The summed E-state index contributed by atoms with van der Waals surface area (Å²) in [6, 6.07) is 0. The summed E-state index contributed by atoms with van der Waals surface area (Å²) in [5, 5.41) is 2.67. The second-order valence-electron chi connectivity index (χ2n) is 2.91. The number of aromatic nitrogens is 1. The van der Waals surface area contributed by atoms with Crippen LogP contribution in [0.2, 0.25) is 0 Å². The molecular formula is C8H9NOS. The fraction of sp³-hybridized carbons (Fsp3) is 0.500. The van der Waals surface area contributed by atoms with Crippen molar-refractivity contribution in [3.05, 3.63) is 16.1 Å². The van der Waals surface area contributed by atoms with Crippen LogP contribution in [0.3, 0.4) is 0 Å². The second-order valence-corrected chi connectivity index (χ2v) is 3.77. The molecule has 2 rings (SSSR count). The van der Waals surface area contributed by atoms with Crippen LogP contribution in [-0.2, 0) is 0 Å². The molecule has 0 N–H and O–H groups in total. The molecule has 0 amide bonds. The van der Waals surface area contributed by atoms with E-state index in [0.717, 1.165) is 5.69 Å². The number of hydrogen-bond donors (Lipinski definition) is 0. The first-order chi connectivity index (χ1) is 5.27. The highest BCUT2D eigenvalue weighted by atomic mass is 32.1.